The van der Waals surface area contributed by atoms with Crippen molar-refractivity contribution in [2.24, 2.45) is 0 Å². The summed E-state index contributed by atoms with van der Waals surface area (Å²) in [7, 11) is 0. The normalized spacial score (nSPS) is 14.2. The molecule has 2 rings (SSSR count). The van der Waals surface area contributed by atoms with E-state index in [2.05, 4.69) is 65.8 Å². The molecule has 12 heavy (non-hydrogen) atoms. The third kappa shape index (κ3) is 1.42. The summed E-state index contributed by atoms with van der Waals surface area (Å²) in [4.78, 5) is 0. The summed E-state index contributed by atoms with van der Waals surface area (Å²) in [5.74, 6) is 0. The molecule has 1 aromatic carbocycles. The summed E-state index contributed by atoms with van der Waals surface area (Å²) in [6, 6.07) is 2.20. The topological polar surface area (TPSA) is 12.0 Å². The zero-order chi connectivity index (χ0) is 8.72. The molecule has 0 aliphatic carbocycles. The van der Waals surface area contributed by atoms with Crippen LogP contribution in [0.15, 0.2) is 15.0 Å². The molecule has 0 saturated heterocycles. The molecule has 1 aliphatic heterocycles. The largest absolute Gasteiger partial charge is 0.384 e. The molecule has 0 unspecified atom stereocenters. The van der Waals surface area contributed by atoms with Gasteiger partial charge in [-0.3, -0.25) is 0 Å². The Morgan fingerprint density at radius 2 is 2.17 bits per heavy atom. The second-order valence-electron chi connectivity index (χ2n) is 2.70. The zero-order valence-electron chi connectivity index (χ0n) is 6.13. The van der Waals surface area contributed by atoms with Crippen molar-refractivity contribution in [1.82, 2.24) is 0 Å². The minimum absolute atomic E-state index is 1.06. The van der Waals surface area contributed by atoms with Crippen molar-refractivity contribution in [3.8, 4) is 0 Å². The second-order valence-corrected chi connectivity index (χ2v) is 5.42. The van der Waals surface area contributed by atoms with Crippen molar-refractivity contribution in [2.45, 2.75) is 6.42 Å². The van der Waals surface area contributed by atoms with E-state index in [1.807, 2.05) is 0 Å². The van der Waals surface area contributed by atoms with Crippen LogP contribution in [0.25, 0.3) is 0 Å². The van der Waals surface area contributed by atoms with Crippen molar-refractivity contribution in [3.63, 3.8) is 0 Å². The first-order chi connectivity index (χ1) is 5.70. The van der Waals surface area contributed by atoms with E-state index >= 15 is 0 Å². The van der Waals surface area contributed by atoms with Gasteiger partial charge in [-0.15, -0.1) is 0 Å². The van der Waals surface area contributed by atoms with E-state index in [0.29, 0.717) is 0 Å². The van der Waals surface area contributed by atoms with Crippen molar-refractivity contribution < 1.29 is 0 Å². The van der Waals surface area contributed by atoms with E-state index in [0.717, 1.165) is 13.0 Å². The summed E-state index contributed by atoms with van der Waals surface area (Å²) < 4.78 is 3.60. The van der Waals surface area contributed by atoms with E-state index in [9.17, 15) is 0 Å². The van der Waals surface area contributed by atoms with Crippen LogP contribution >= 0.6 is 54.5 Å². The number of rotatable bonds is 0. The highest BCUT2D eigenvalue weighted by atomic mass is 127. The van der Waals surface area contributed by atoms with Crippen LogP contribution in [0, 0.1) is 3.57 Å². The fourth-order valence-electron chi connectivity index (χ4n) is 1.35. The first-order valence-electron chi connectivity index (χ1n) is 3.60. The molecule has 0 fully saturated rings. The Bertz CT molecular complexity index is 338. The average Bonchev–Trinajstić information content (AvgIpc) is 2.48. The molecule has 64 valence electrons. The fourth-order valence-corrected chi connectivity index (χ4v) is 3.13. The van der Waals surface area contributed by atoms with Crippen molar-refractivity contribution in [2.75, 3.05) is 11.9 Å². The lowest BCUT2D eigenvalue weighted by molar-refractivity contribution is 1.10. The molecule has 0 saturated carbocycles. The zero-order valence-corrected chi connectivity index (χ0v) is 11.5. The van der Waals surface area contributed by atoms with E-state index in [1.165, 1.54) is 23.8 Å². The smallest absolute Gasteiger partial charge is 0.0554 e. The summed E-state index contributed by atoms with van der Waals surface area (Å²) in [5.41, 5.74) is 2.66. The Morgan fingerprint density at radius 3 is 2.92 bits per heavy atom. The number of hydrogen-bond acceptors (Lipinski definition) is 1. The van der Waals surface area contributed by atoms with Crippen molar-refractivity contribution in [3.05, 3.63) is 24.1 Å². The molecule has 1 aliphatic rings. The Hall–Kier alpha value is 0.710. The lowest BCUT2D eigenvalue weighted by atomic mass is 10.2. The summed E-state index contributed by atoms with van der Waals surface area (Å²) in [6.07, 6.45) is 1.13. The maximum Gasteiger partial charge on any atom is 0.0554 e. The molecule has 1 aromatic rings. The van der Waals surface area contributed by atoms with Crippen LogP contribution < -0.4 is 5.32 Å². The minimum Gasteiger partial charge on any atom is -0.384 e. The molecule has 0 spiro atoms. The molecule has 0 bridgehead atoms. The number of benzene rings is 1. The average molecular weight is 403 g/mol. The van der Waals surface area contributed by atoms with Gasteiger partial charge in [0.25, 0.3) is 0 Å². The Morgan fingerprint density at radius 1 is 1.42 bits per heavy atom. The summed E-state index contributed by atoms with van der Waals surface area (Å²) >= 11 is 9.44. The van der Waals surface area contributed by atoms with E-state index < -0.39 is 0 Å². The van der Waals surface area contributed by atoms with Gasteiger partial charge in [-0.25, -0.2) is 0 Å². The third-order valence-corrected chi connectivity index (χ3v) is 5.96. The van der Waals surface area contributed by atoms with Gasteiger partial charge in [0.2, 0.25) is 0 Å². The third-order valence-electron chi connectivity index (χ3n) is 1.94. The Labute approximate surface area is 102 Å². The molecule has 4 heteroatoms. The number of halogens is 3. The van der Waals surface area contributed by atoms with Crippen LogP contribution in [-0.2, 0) is 6.42 Å². The lowest BCUT2D eigenvalue weighted by Crippen LogP contribution is -1.92. The van der Waals surface area contributed by atoms with Gasteiger partial charge in [0.05, 0.1) is 10.2 Å². The fraction of sp³-hybridized carbons (Fsp3) is 0.250. The highest BCUT2D eigenvalue weighted by Gasteiger charge is 2.17. The molecule has 0 radical (unpaired) electrons. The highest BCUT2D eigenvalue weighted by molar-refractivity contribution is 14.1. The monoisotopic (exact) mass is 401 g/mol. The van der Waals surface area contributed by atoms with E-state index in [-0.39, 0.29) is 0 Å². The number of anilines is 1. The second kappa shape index (κ2) is 3.46. The van der Waals surface area contributed by atoms with Crippen molar-refractivity contribution >= 4 is 60.1 Å². The number of hydrogen-bond donors (Lipinski definition) is 1. The lowest BCUT2D eigenvalue weighted by Gasteiger charge is -2.06. The first-order valence-corrected chi connectivity index (χ1v) is 6.27. The van der Waals surface area contributed by atoms with Crippen molar-refractivity contribution in [1.29, 1.82) is 0 Å². The molecule has 0 aromatic heterocycles. The quantitative estimate of drug-likeness (QED) is 0.514. The van der Waals surface area contributed by atoms with Gasteiger partial charge in [0.1, 0.15) is 0 Å². The van der Waals surface area contributed by atoms with Gasteiger partial charge in [0, 0.05) is 14.6 Å². The van der Waals surface area contributed by atoms with Gasteiger partial charge in [-0.2, -0.15) is 0 Å². The highest BCUT2D eigenvalue weighted by Crippen LogP contribution is 2.38. The van der Waals surface area contributed by atoms with E-state index in [1.54, 1.807) is 0 Å². The Kier molecular flexibility index (Phi) is 2.67. The molecular formula is C8H6Br2IN. The predicted octanol–water partition coefficient (Wildman–Crippen LogP) is 3.78. The van der Waals surface area contributed by atoms with Gasteiger partial charge < -0.3 is 5.32 Å². The number of nitrogens with one attached hydrogen (secondary N) is 1. The van der Waals surface area contributed by atoms with E-state index in [4.69, 9.17) is 0 Å². The first kappa shape index (κ1) is 9.27. The van der Waals surface area contributed by atoms with Gasteiger partial charge in [-0.05, 0) is 72.5 Å². The SMILES string of the molecule is Brc1cc2c(c(Br)c1I)NCC2. The van der Waals surface area contributed by atoms with Crippen LogP contribution in [0.3, 0.4) is 0 Å². The van der Waals surface area contributed by atoms with Crippen LogP contribution in [0.1, 0.15) is 5.56 Å². The molecule has 1 heterocycles. The summed E-state index contributed by atoms with van der Waals surface area (Å²) in [6.45, 7) is 1.06. The molecule has 1 N–H and O–H groups in total. The van der Waals surface area contributed by atoms with Gasteiger partial charge in [0.15, 0.2) is 0 Å². The van der Waals surface area contributed by atoms with Crippen LogP contribution in [0.5, 0.6) is 0 Å². The minimum atomic E-state index is 1.06. The molecule has 1 nitrogen and oxygen atoms in total. The molecular weight excluding hydrogens is 397 g/mol. The summed E-state index contributed by atoms with van der Waals surface area (Å²) in [5, 5.41) is 3.36. The predicted molar refractivity (Wildman–Crippen MR) is 66.8 cm³/mol. The van der Waals surface area contributed by atoms with Crippen LogP contribution in [0.4, 0.5) is 5.69 Å². The molecule has 0 amide bonds. The van der Waals surface area contributed by atoms with Crippen LogP contribution in [-0.4, -0.2) is 6.54 Å². The maximum atomic E-state index is 3.58. The molecule has 0 atom stereocenters. The Balaban J connectivity index is 2.67. The van der Waals surface area contributed by atoms with Gasteiger partial charge >= 0.3 is 0 Å². The number of fused-ring (bicyclic) bond motifs is 1. The van der Waals surface area contributed by atoms with Crippen LogP contribution in [0.2, 0.25) is 0 Å². The standard InChI is InChI=1S/C8H6Br2IN/c9-5-3-4-1-2-12-8(4)6(10)7(5)11/h3,12H,1-2H2. The maximum absolute atomic E-state index is 3.58. The van der Waals surface area contributed by atoms with Gasteiger partial charge in [-0.1, -0.05) is 0 Å².